The lowest BCUT2D eigenvalue weighted by Gasteiger charge is -2.25. The van der Waals surface area contributed by atoms with Crippen LogP contribution in [0, 0.1) is 17.8 Å². The number of hydrogen-bond donors (Lipinski definition) is 1. The summed E-state index contributed by atoms with van der Waals surface area (Å²) in [5.41, 5.74) is 0. The van der Waals surface area contributed by atoms with Crippen molar-refractivity contribution in [3.63, 3.8) is 0 Å². The van der Waals surface area contributed by atoms with Gasteiger partial charge in [-0.25, -0.2) is 4.98 Å². The lowest BCUT2D eigenvalue weighted by molar-refractivity contribution is 0.301. The van der Waals surface area contributed by atoms with Crippen molar-refractivity contribution in [1.29, 1.82) is 0 Å². The van der Waals surface area contributed by atoms with Gasteiger partial charge in [0, 0.05) is 12.7 Å². The van der Waals surface area contributed by atoms with Crippen LogP contribution < -0.4 is 10.1 Å². The number of hydrogen-bond acceptors (Lipinski definition) is 3. The molecule has 3 heteroatoms. The van der Waals surface area contributed by atoms with Crippen molar-refractivity contribution in [2.24, 2.45) is 17.8 Å². The molecule has 0 aliphatic heterocycles. The highest BCUT2D eigenvalue weighted by Crippen LogP contribution is 2.25. The zero-order valence-corrected chi connectivity index (χ0v) is 12.9. The molecule has 3 nitrogen and oxygen atoms in total. The van der Waals surface area contributed by atoms with Gasteiger partial charge in [0.25, 0.3) is 0 Å². The molecule has 108 valence electrons. The zero-order chi connectivity index (χ0) is 14.3. The molecule has 0 bridgehead atoms. The number of pyridine rings is 1. The van der Waals surface area contributed by atoms with Crippen LogP contribution in [0.3, 0.4) is 0 Å². The number of ether oxygens (including phenoxy) is 1. The van der Waals surface area contributed by atoms with Gasteiger partial charge in [0.05, 0.1) is 6.61 Å². The van der Waals surface area contributed by atoms with Crippen molar-refractivity contribution >= 4 is 5.82 Å². The molecule has 0 unspecified atom stereocenters. The third-order valence-electron chi connectivity index (χ3n) is 3.45. The minimum absolute atomic E-state index is 0.640. The van der Waals surface area contributed by atoms with Crippen LogP contribution in [0.1, 0.15) is 41.0 Å². The minimum Gasteiger partial charge on any atom is -0.490 e. The van der Waals surface area contributed by atoms with Crippen LogP contribution in [0.15, 0.2) is 18.3 Å². The van der Waals surface area contributed by atoms with Crippen LogP contribution >= 0.6 is 0 Å². The lowest BCUT2D eigenvalue weighted by atomic mass is 9.85. The predicted octanol–water partition coefficient (Wildman–Crippen LogP) is 4.21. The van der Waals surface area contributed by atoms with E-state index < -0.39 is 0 Å². The summed E-state index contributed by atoms with van der Waals surface area (Å²) >= 11 is 0. The molecule has 0 fully saturated rings. The van der Waals surface area contributed by atoms with Crippen LogP contribution in [0.25, 0.3) is 0 Å². The SMILES string of the molecule is CCCOc1cccnc1NCC(C(C)C)C(C)C. The van der Waals surface area contributed by atoms with Gasteiger partial charge in [-0.3, -0.25) is 0 Å². The van der Waals surface area contributed by atoms with E-state index in [1.165, 1.54) is 0 Å². The quantitative estimate of drug-likeness (QED) is 0.763. The van der Waals surface area contributed by atoms with Gasteiger partial charge < -0.3 is 10.1 Å². The number of nitrogens with zero attached hydrogens (tertiary/aromatic N) is 1. The Bertz CT molecular complexity index is 356. The van der Waals surface area contributed by atoms with Gasteiger partial charge in [-0.15, -0.1) is 0 Å². The standard InChI is InChI=1S/C16H28N2O/c1-6-10-19-15-8-7-9-17-16(15)18-11-14(12(2)3)13(4)5/h7-9,12-14H,6,10-11H2,1-5H3,(H,17,18). The molecule has 0 radical (unpaired) electrons. The van der Waals surface area contributed by atoms with Crippen molar-refractivity contribution in [3.8, 4) is 5.75 Å². The smallest absolute Gasteiger partial charge is 0.168 e. The molecule has 0 saturated carbocycles. The molecule has 1 N–H and O–H groups in total. The molecular weight excluding hydrogens is 236 g/mol. The Morgan fingerprint density at radius 1 is 1.21 bits per heavy atom. The van der Waals surface area contributed by atoms with E-state index in [-0.39, 0.29) is 0 Å². The molecule has 19 heavy (non-hydrogen) atoms. The second-order valence-electron chi connectivity index (χ2n) is 5.73. The monoisotopic (exact) mass is 264 g/mol. The van der Waals surface area contributed by atoms with Crippen molar-refractivity contribution in [2.75, 3.05) is 18.5 Å². The Labute approximate surface area is 117 Å². The summed E-state index contributed by atoms with van der Waals surface area (Å²) in [7, 11) is 0. The third-order valence-corrected chi connectivity index (χ3v) is 3.45. The first-order valence-electron chi connectivity index (χ1n) is 7.37. The summed E-state index contributed by atoms with van der Waals surface area (Å²) in [5.74, 6) is 3.69. The molecule has 1 heterocycles. The Hall–Kier alpha value is -1.25. The fraction of sp³-hybridized carbons (Fsp3) is 0.688. The van der Waals surface area contributed by atoms with Gasteiger partial charge >= 0.3 is 0 Å². The molecule has 0 atom stereocenters. The van der Waals surface area contributed by atoms with Crippen molar-refractivity contribution < 1.29 is 4.74 Å². The largest absolute Gasteiger partial charge is 0.490 e. The summed E-state index contributed by atoms with van der Waals surface area (Å²) in [6.45, 7) is 12.9. The van der Waals surface area contributed by atoms with E-state index in [0.717, 1.165) is 31.1 Å². The highest BCUT2D eigenvalue weighted by Gasteiger charge is 2.18. The molecule has 0 saturated heterocycles. The normalized spacial score (nSPS) is 11.4. The minimum atomic E-state index is 0.640. The van der Waals surface area contributed by atoms with Crippen molar-refractivity contribution in [2.45, 2.75) is 41.0 Å². The van der Waals surface area contributed by atoms with Crippen molar-refractivity contribution in [1.82, 2.24) is 4.98 Å². The molecule has 0 amide bonds. The second-order valence-corrected chi connectivity index (χ2v) is 5.73. The van der Waals surface area contributed by atoms with Crippen LogP contribution in [0.2, 0.25) is 0 Å². The Morgan fingerprint density at radius 3 is 2.47 bits per heavy atom. The van der Waals surface area contributed by atoms with Gasteiger partial charge in [0.2, 0.25) is 0 Å². The maximum Gasteiger partial charge on any atom is 0.168 e. The molecule has 0 aromatic carbocycles. The summed E-state index contributed by atoms with van der Waals surface area (Å²) in [6, 6.07) is 3.89. The van der Waals surface area contributed by atoms with Crippen LogP contribution in [-0.2, 0) is 0 Å². The molecule has 0 aliphatic carbocycles. The maximum absolute atomic E-state index is 5.71. The number of aromatic nitrogens is 1. The average Bonchev–Trinajstić information content (AvgIpc) is 2.37. The van der Waals surface area contributed by atoms with Crippen molar-refractivity contribution in [3.05, 3.63) is 18.3 Å². The van der Waals surface area contributed by atoms with E-state index in [1.807, 2.05) is 12.1 Å². The fourth-order valence-electron chi connectivity index (χ4n) is 2.31. The highest BCUT2D eigenvalue weighted by molar-refractivity contribution is 5.49. The van der Waals surface area contributed by atoms with Crippen LogP contribution in [0.4, 0.5) is 5.82 Å². The zero-order valence-electron chi connectivity index (χ0n) is 12.9. The van der Waals surface area contributed by atoms with E-state index in [1.54, 1.807) is 6.20 Å². The summed E-state index contributed by atoms with van der Waals surface area (Å²) in [4.78, 5) is 4.39. The number of rotatable bonds is 8. The van der Waals surface area contributed by atoms with Gasteiger partial charge in [-0.05, 0) is 36.3 Å². The van der Waals surface area contributed by atoms with Crippen LogP contribution in [-0.4, -0.2) is 18.1 Å². The fourth-order valence-corrected chi connectivity index (χ4v) is 2.31. The highest BCUT2D eigenvalue weighted by atomic mass is 16.5. The first kappa shape index (κ1) is 15.8. The summed E-state index contributed by atoms with van der Waals surface area (Å²) < 4.78 is 5.71. The van der Waals surface area contributed by atoms with E-state index in [0.29, 0.717) is 17.8 Å². The topological polar surface area (TPSA) is 34.1 Å². The molecule has 1 aromatic rings. The van der Waals surface area contributed by atoms with Crippen LogP contribution in [0.5, 0.6) is 5.75 Å². The average molecular weight is 264 g/mol. The lowest BCUT2D eigenvalue weighted by Crippen LogP contribution is -2.25. The van der Waals surface area contributed by atoms with E-state index in [4.69, 9.17) is 4.74 Å². The van der Waals surface area contributed by atoms with Gasteiger partial charge in [0.1, 0.15) is 0 Å². The molecule has 1 rings (SSSR count). The number of anilines is 1. The predicted molar refractivity (Wildman–Crippen MR) is 81.7 cm³/mol. The first-order chi connectivity index (χ1) is 9.06. The Balaban J connectivity index is 2.65. The van der Waals surface area contributed by atoms with Gasteiger partial charge in [-0.2, -0.15) is 0 Å². The Morgan fingerprint density at radius 2 is 1.89 bits per heavy atom. The molecule has 0 spiro atoms. The van der Waals surface area contributed by atoms with E-state index >= 15 is 0 Å². The first-order valence-corrected chi connectivity index (χ1v) is 7.37. The summed E-state index contributed by atoms with van der Waals surface area (Å²) in [6.07, 6.45) is 2.82. The summed E-state index contributed by atoms with van der Waals surface area (Å²) in [5, 5.41) is 3.45. The van der Waals surface area contributed by atoms with Gasteiger partial charge in [0.15, 0.2) is 11.6 Å². The number of nitrogens with one attached hydrogen (secondary N) is 1. The van der Waals surface area contributed by atoms with E-state index in [2.05, 4.69) is 44.9 Å². The van der Waals surface area contributed by atoms with Gasteiger partial charge in [-0.1, -0.05) is 34.6 Å². The molecular formula is C16H28N2O. The molecule has 0 aliphatic rings. The Kier molecular flexibility index (Phi) is 6.68. The second kappa shape index (κ2) is 8.03. The third kappa shape index (κ3) is 5.09. The van der Waals surface area contributed by atoms with E-state index in [9.17, 15) is 0 Å². The maximum atomic E-state index is 5.71. The molecule has 1 aromatic heterocycles.